The molecule has 0 bridgehead atoms. The molecule has 0 aromatic heterocycles. The molecule has 0 saturated heterocycles. The number of allylic oxidation sites excluding steroid dienone is 2. The van der Waals surface area contributed by atoms with Gasteiger partial charge in [-0.15, -0.1) is 0 Å². The summed E-state index contributed by atoms with van der Waals surface area (Å²) >= 11 is 0. The molecule has 1 nitrogen and oxygen atoms in total. The van der Waals surface area contributed by atoms with Gasteiger partial charge in [-0.2, -0.15) is 0 Å². The number of aldehydes is 1. The minimum Gasteiger partial charge on any atom is -0.303 e. The van der Waals surface area contributed by atoms with Crippen LogP contribution in [0.2, 0.25) is 0 Å². The van der Waals surface area contributed by atoms with Gasteiger partial charge in [-0.25, -0.2) is 8.78 Å². The Bertz CT molecular complexity index is 223. The highest BCUT2D eigenvalue weighted by Crippen LogP contribution is 2.48. The molecule has 0 spiro atoms. The highest BCUT2D eigenvalue weighted by molar-refractivity contribution is 5.60. The lowest BCUT2D eigenvalue weighted by atomic mass is 9.84. The van der Waals surface area contributed by atoms with Crippen molar-refractivity contribution in [1.82, 2.24) is 0 Å². The smallest absolute Gasteiger partial charge is 0.249 e. The van der Waals surface area contributed by atoms with Crippen LogP contribution in [-0.4, -0.2) is 12.2 Å². The summed E-state index contributed by atoms with van der Waals surface area (Å²) in [4.78, 5) is 10.8. The molecule has 1 rings (SSSR count). The minimum atomic E-state index is -2.64. The van der Waals surface area contributed by atoms with Crippen molar-refractivity contribution in [2.24, 2.45) is 5.41 Å². The van der Waals surface area contributed by atoms with E-state index in [1.54, 1.807) is 12.2 Å². The van der Waals surface area contributed by atoms with Gasteiger partial charge in [0.15, 0.2) is 0 Å². The van der Waals surface area contributed by atoms with Gasteiger partial charge < -0.3 is 4.79 Å². The summed E-state index contributed by atoms with van der Waals surface area (Å²) in [6, 6.07) is 0. The Morgan fingerprint density at radius 3 is 2.46 bits per heavy atom. The van der Waals surface area contributed by atoms with Gasteiger partial charge in [0.2, 0.25) is 5.92 Å². The van der Waals surface area contributed by atoms with Crippen LogP contribution in [-0.2, 0) is 4.79 Å². The second-order valence-electron chi connectivity index (χ2n) is 3.79. The van der Waals surface area contributed by atoms with E-state index in [4.69, 9.17) is 0 Å². The van der Waals surface area contributed by atoms with Gasteiger partial charge in [0.1, 0.15) is 6.29 Å². The first kappa shape index (κ1) is 10.4. The van der Waals surface area contributed by atoms with E-state index in [0.717, 1.165) is 0 Å². The Balaban J connectivity index is 2.68. The minimum absolute atomic E-state index is 0.150. The fourth-order valence-electron chi connectivity index (χ4n) is 1.80. The SMILES string of the molecule is C/C=C/CC1(C=O)CCC(F)(F)C1. The Labute approximate surface area is 76.8 Å². The van der Waals surface area contributed by atoms with E-state index in [2.05, 4.69) is 0 Å². The van der Waals surface area contributed by atoms with Crippen molar-refractivity contribution < 1.29 is 13.6 Å². The summed E-state index contributed by atoms with van der Waals surface area (Å²) < 4.78 is 25.7. The highest BCUT2D eigenvalue weighted by atomic mass is 19.3. The molecule has 1 aliphatic carbocycles. The predicted molar refractivity (Wildman–Crippen MR) is 46.7 cm³/mol. The van der Waals surface area contributed by atoms with Crippen LogP contribution in [0.25, 0.3) is 0 Å². The molecule has 1 saturated carbocycles. The van der Waals surface area contributed by atoms with E-state index in [1.807, 2.05) is 6.92 Å². The van der Waals surface area contributed by atoms with Crippen molar-refractivity contribution in [2.75, 3.05) is 0 Å². The van der Waals surface area contributed by atoms with Crippen LogP contribution in [0.4, 0.5) is 8.78 Å². The largest absolute Gasteiger partial charge is 0.303 e. The second-order valence-corrected chi connectivity index (χ2v) is 3.79. The average Bonchev–Trinajstić information content (AvgIpc) is 2.40. The summed E-state index contributed by atoms with van der Waals surface area (Å²) in [5.74, 6) is -2.64. The number of rotatable bonds is 3. The third-order valence-electron chi connectivity index (χ3n) is 2.61. The van der Waals surface area contributed by atoms with Crippen molar-refractivity contribution in [3.8, 4) is 0 Å². The number of hydrogen-bond acceptors (Lipinski definition) is 1. The molecular weight excluding hydrogens is 174 g/mol. The zero-order valence-corrected chi connectivity index (χ0v) is 7.72. The van der Waals surface area contributed by atoms with E-state index < -0.39 is 11.3 Å². The first-order chi connectivity index (χ1) is 6.04. The van der Waals surface area contributed by atoms with Crippen LogP contribution in [0.15, 0.2) is 12.2 Å². The fourth-order valence-corrected chi connectivity index (χ4v) is 1.80. The first-order valence-electron chi connectivity index (χ1n) is 4.49. The second kappa shape index (κ2) is 3.56. The van der Waals surface area contributed by atoms with Crippen LogP contribution in [0, 0.1) is 5.41 Å². The van der Waals surface area contributed by atoms with Crippen LogP contribution < -0.4 is 0 Å². The molecule has 13 heavy (non-hydrogen) atoms. The van der Waals surface area contributed by atoms with E-state index >= 15 is 0 Å². The Morgan fingerprint density at radius 1 is 1.38 bits per heavy atom. The number of carbonyl (C=O) groups is 1. The van der Waals surface area contributed by atoms with Gasteiger partial charge in [0.05, 0.1) is 0 Å². The molecule has 1 aliphatic rings. The maximum absolute atomic E-state index is 12.9. The normalized spacial score (nSPS) is 32.5. The van der Waals surface area contributed by atoms with Gasteiger partial charge in [-0.3, -0.25) is 0 Å². The predicted octanol–water partition coefficient (Wildman–Crippen LogP) is 2.96. The first-order valence-corrected chi connectivity index (χ1v) is 4.49. The summed E-state index contributed by atoms with van der Waals surface area (Å²) in [7, 11) is 0. The van der Waals surface area contributed by atoms with E-state index in [0.29, 0.717) is 19.1 Å². The molecule has 0 amide bonds. The van der Waals surface area contributed by atoms with Gasteiger partial charge >= 0.3 is 0 Å². The third kappa shape index (κ3) is 2.36. The average molecular weight is 188 g/mol. The molecule has 0 aromatic rings. The molecule has 74 valence electrons. The maximum Gasteiger partial charge on any atom is 0.249 e. The lowest BCUT2D eigenvalue weighted by molar-refractivity contribution is -0.117. The molecule has 0 aromatic carbocycles. The maximum atomic E-state index is 12.9. The summed E-state index contributed by atoms with van der Waals surface area (Å²) in [6.07, 6.45) is 4.61. The van der Waals surface area contributed by atoms with Crippen LogP contribution in [0.5, 0.6) is 0 Å². The molecule has 0 radical (unpaired) electrons. The van der Waals surface area contributed by atoms with E-state index in [9.17, 15) is 13.6 Å². The van der Waals surface area contributed by atoms with Gasteiger partial charge in [0, 0.05) is 18.3 Å². The van der Waals surface area contributed by atoms with Crippen molar-refractivity contribution in [1.29, 1.82) is 0 Å². The zero-order chi connectivity index (χ0) is 9.95. The van der Waals surface area contributed by atoms with Crippen molar-refractivity contribution >= 4 is 6.29 Å². The highest BCUT2D eigenvalue weighted by Gasteiger charge is 2.48. The van der Waals surface area contributed by atoms with Crippen LogP contribution in [0.1, 0.15) is 32.6 Å². The van der Waals surface area contributed by atoms with Gasteiger partial charge in [-0.05, 0) is 19.8 Å². The summed E-state index contributed by atoms with van der Waals surface area (Å²) in [6.45, 7) is 1.82. The molecule has 0 heterocycles. The van der Waals surface area contributed by atoms with Crippen molar-refractivity contribution in [3.63, 3.8) is 0 Å². The van der Waals surface area contributed by atoms with E-state index in [-0.39, 0.29) is 12.8 Å². The molecule has 1 fully saturated rings. The molecule has 0 N–H and O–H groups in total. The molecule has 0 aliphatic heterocycles. The fraction of sp³-hybridized carbons (Fsp3) is 0.700. The molecule has 3 heteroatoms. The number of halogens is 2. The summed E-state index contributed by atoms with van der Waals surface area (Å²) in [5.41, 5.74) is -0.796. The Kier molecular flexibility index (Phi) is 2.84. The van der Waals surface area contributed by atoms with Crippen LogP contribution >= 0.6 is 0 Å². The zero-order valence-electron chi connectivity index (χ0n) is 7.72. The third-order valence-corrected chi connectivity index (χ3v) is 2.61. The topological polar surface area (TPSA) is 17.1 Å². The Hall–Kier alpha value is -0.730. The van der Waals surface area contributed by atoms with E-state index in [1.165, 1.54) is 0 Å². The molecule has 1 unspecified atom stereocenters. The van der Waals surface area contributed by atoms with Gasteiger partial charge in [0.25, 0.3) is 0 Å². The quantitative estimate of drug-likeness (QED) is 0.491. The monoisotopic (exact) mass is 188 g/mol. The standard InChI is InChI=1S/C10H14F2O/c1-2-3-4-9(8-13)5-6-10(11,12)7-9/h2-3,8H,4-7H2,1H3/b3-2+. The molecular formula is C10H14F2O. The number of carbonyl (C=O) groups excluding carboxylic acids is 1. The van der Waals surface area contributed by atoms with Crippen molar-refractivity contribution in [2.45, 2.75) is 38.5 Å². The lowest BCUT2D eigenvalue weighted by Crippen LogP contribution is -2.21. The Morgan fingerprint density at radius 2 is 2.08 bits per heavy atom. The lowest BCUT2D eigenvalue weighted by Gasteiger charge is -2.19. The molecule has 1 atom stereocenters. The number of alkyl halides is 2. The number of hydrogen-bond donors (Lipinski definition) is 0. The van der Waals surface area contributed by atoms with Crippen LogP contribution in [0.3, 0.4) is 0 Å². The van der Waals surface area contributed by atoms with Gasteiger partial charge in [-0.1, -0.05) is 12.2 Å². The summed E-state index contributed by atoms with van der Waals surface area (Å²) in [5, 5.41) is 0. The van der Waals surface area contributed by atoms with Crippen molar-refractivity contribution in [3.05, 3.63) is 12.2 Å².